The van der Waals surface area contributed by atoms with E-state index in [0.717, 1.165) is 30.3 Å². The molecular weight excluding hydrogens is 254 g/mol. The first-order valence-corrected chi connectivity index (χ1v) is 7.08. The zero-order valence-corrected chi connectivity index (χ0v) is 12.9. The molecular formula is C14H25N5O. The summed E-state index contributed by atoms with van der Waals surface area (Å²) in [6.07, 6.45) is 1.05. The Balaban J connectivity index is 2.61. The lowest BCUT2D eigenvalue weighted by Gasteiger charge is -2.16. The van der Waals surface area contributed by atoms with E-state index in [1.165, 1.54) is 0 Å². The van der Waals surface area contributed by atoms with Gasteiger partial charge in [-0.25, -0.2) is 9.97 Å². The molecule has 0 fully saturated rings. The van der Waals surface area contributed by atoms with Crippen LogP contribution in [0.15, 0.2) is 6.07 Å². The first-order valence-electron chi connectivity index (χ1n) is 7.08. The summed E-state index contributed by atoms with van der Waals surface area (Å²) in [6.45, 7) is 8.42. The Kier molecular flexibility index (Phi) is 6.93. The van der Waals surface area contributed by atoms with E-state index in [1.807, 2.05) is 31.9 Å². The molecule has 0 aliphatic heterocycles. The summed E-state index contributed by atoms with van der Waals surface area (Å²) in [4.78, 5) is 22.3. The lowest BCUT2D eigenvalue weighted by atomic mass is 10.3. The summed E-state index contributed by atoms with van der Waals surface area (Å²) in [5.74, 6) is 1.60. The van der Waals surface area contributed by atoms with Gasteiger partial charge in [-0.1, -0.05) is 6.92 Å². The second kappa shape index (κ2) is 8.47. The maximum Gasteiger partial charge on any atom is 0.234 e. The molecule has 0 saturated heterocycles. The Morgan fingerprint density at radius 3 is 2.75 bits per heavy atom. The number of aryl methyl sites for hydroxylation is 1. The third-order valence-corrected chi connectivity index (χ3v) is 2.66. The average Bonchev–Trinajstić information content (AvgIpc) is 2.35. The van der Waals surface area contributed by atoms with Gasteiger partial charge >= 0.3 is 0 Å². The van der Waals surface area contributed by atoms with Crippen LogP contribution in [0.25, 0.3) is 0 Å². The van der Waals surface area contributed by atoms with Gasteiger partial charge in [0.2, 0.25) is 5.91 Å². The maximum absolute atomic E-state index is 11.5. The van der Waals surface area contributed by atoms with Gasteiger partial charge in [-0.15, -0.1) is 0 Å². The van der Waals surface area contributed by atoms with Gasteiger partial charge in [0.25, 0.3) is 0 Å². The first kappa shape index (κ1) is 16.4. The second-order valence-electron chi connectivity index (χ2n) is 4.86. The van der Waals surface area contributed by atoms with Crippen molar-refractivity contribution >= 4 is 11.7 Å². The van der Waals surface area contributed by atoms with Crippen LogP contribution in [-0.4, -0.2) is 47.5 Å². The highest BCUT2D eigenvalue weighted by atomic mass is 16.1. The number of nitrogens with one attached hydrogen (secondary N) is 2. The smallest absolute Gasteiger partial charge is 0.234 e. The van der Waals surface area contributed by atoms with Gasteiger partial charge in [0.1, 0.15) is 11.6 Å². The quantitative estimate of drug-likeness (QED) is 0.747. The highest BCUT2D eigenvalue weighted by Gasteiger charge is 2.09. The van der Waals surface area contributed by atoms with E-state index in [-0.39, 0.29) is 5.91 Å². The van der Waals surface area contributed by atoms with Crippen LogP contribution in [-0.2, 0) is 11.3 Å². The van der Waals surface area contributed by atoms with Crippen LogP contribution in [0, 0.1) is 6.92 Å². The Morgan fingerprint density at radius 2 is 2.10 bits per heavy atom. The van der Waals surface area contributed by atoms with Crippen LogP contribution < -0.4 is 10.6 Å². The fraction of sp³-hybridized carbons (Fsp3) is 0.643. The molecule has 0 aliphatic rings. The number of likely N-dealkylation sites (N-methyl/N-ethyl adjacent to an activating group) is 2. The molecule has 112 valence electrons. The van der Waals surface area contributed by atoms with Crippen molar-refractivity contribution in [3.8, 4) is 0 Å². The average molecular weight is 279 g/mol. The van der Waals surface area contributed by atoms with Crippen molar-refractivity contribution in [3.05, 3.63) is 17.6 Å². The topological polar surface area (TPSA) is 70.2 Å². The van der Waals surface area contributed by atoms with Gasteiger partial charge in [-0.05, 0) is 27.3 Å². The normalized spacial score (nSPS) is 10.7. The number of carbonyl (C=O) groups is 1. The highest BCUT2D eigenvalue weighted by Crippen LogP contribution is 2.07. The van der Waals surface area contributed by atoms with Crippen LogP contribution >= 0.6 is 0 Å². The molecule has 0 spiro atoms. The van der Waals surface area contributed by atoms with E-state index in [9.17, 15) is 4.79 Å². The molecule has 1 heterocycles. The van der Waals surface area contributed by atoms with E-state index in [1.54, 1.807) is 0 Å². The predicted molar refractivity (Wildman–Crippen MR) is 80.6 cm³/mol. The molecule has 0 saturated carbocycles. The van der Waals surface area contributed by atoms with Gasteiger partial charge < -0.3 is 10.6 Å². The minimum Gasteiger partial charge on any atom is -0.370 e. The summed E-state index contributed by atoms with van der Waals surface area (Å²) >= 11 is 0. The summed E-state index contributed by atoms with van der Waals surface area (Å²) in [5, 5.41) is 6.04. The molecule has 0 aliphatic carbocycles. The Morgan fingerprint density at radius 1 is 1.35 bits per heavy atom. The molecule has 1 rings (SSSR count). The highest BCUT2D eigenvalue weighted by molar-refractivity contribution is 5.77. The van der Waals surface area contributed by atoms with Gasteiger partial charge in [0, 0.05) is 24.8 Å². The van der Waals surface area contributed by atoms with Crippen molar-refractivity contribution in [3.63, 3.8) is 0 Å². The number of aromatic nitrogens is 2. The SMILES string of the molecule is CCCNc1cc(C)nc(CN(C)CC(=O)NCC)n1. The van der Waals surface area contributed by atoms with Crippen LogP contribution in [0.3, 0.4) is 0 Å². The Labute approximate surface area is 121 Å². The molecule has 1 aromatic rings. The van der Waals surface area contributed by atoms with Crippen molar-refractivity contribution in [1.29, 1.82) is 0 Å². The lowest BCUT2D eigenvalue weighted by molar-refractivity contribution is -0.121. The first-order chi connectivity index (χ1) is 9.55. The third-order valence-electron chi connectivity index (χ3n) is 2.66. The van der Waals surface area contributed by atoms with E-state index in [2.05, 4.69) is 27.5 Å². The number of hydrogen-bond acceptors (Lipinski definition) is 5. The molecule has 0 bridgehead atoms. The predicted octanol–water partition coefficient (Wildman–Crippen LogP) is 1.17. The minimum absolute atomic E-state index is 0.0204. The Bertz CT molecular complexity index is 436. The molecule has 1 amide bonds. The van der Waals surface area contributed by atoms with E-state index in [4.69, 9.17) is 0 Å². The number of amides is 1. The van der Waals surface area contributed by atoms with Crippen molar-refractivity contribution < 1.29 is 4.79 Å². The van der Waals surface area contributed by atoms with E-state index in [0.29, 0.717) is 19.6 Å². The monoisotopic (exact) mass is 279 g/mol. The zero-order chi connectivity index (χ0) is 15.0. The number of anilines is 1. The van der Waals surface area contributed by atoms with Crippen molar-refractivity contribution in [2.75, 3.05) is 32.0 Å². The largest absolute Gasteiger partial charge is 0.370 e. The molecule has 1 aromatic heterocycles. The fourth-order valence-electron chi connectivity index (χ4n) is 1.84. The Hall–Kier alpha value is -1.69. The van der Waals surface area contributed by atoms with E-state index < -0.39 is 0 Å². The van der Waals surface area contributed by atoms with Crippen LogP contribution in [0.2, 0.25) is 0 Å². The van der Waals surface area contributed by atoms with Crippen LogP contribution in [0.5, 0.6) is 0 Å². The molecule has 6 heteroatoms. The van der Waals surface area contributed by atoms with Crippen molar-refractivity contribution in [1.82, 2.24) is 20.2 Å². The third kappa shape index (κ3) is 5.97. The van der Waals surface area contributed by atoms with Gasteiger partial charge in [0.05, 0.1) is 13.1 Å². The molecule has 0 unspecified atom stereocenters. The summed E-state index contributed by atoms with van der Waals surface area (Å²) in [7, 11) is 1.89. The summed E-state index contributed by atoms with van der Waals surface area (Å²) in [5.41, 5.74) is 0.931. The van der Waals surface area contributed by atoms with Crippen LogP contribution in [0.1, 0.15) is 31.8 Å². The molecule has 0 radical (unpaired) electrons. The molecule has 6 nitrogen and oxygen atoms in total. The molecule has 20 heavy (non-hydrogen) atoms. The number of nitrogens with zero attached hydrogens (tertiary/aromatic N) is 3. The summed E-state index contributed by atoms with van der Waals surface area (Å²) < 4.78 is 0. The molecule has 0 aromatic carbocycles. The molecule has 0 atom stereocenters. The maximum atomic E-state index is 11.5. The van der Waals surface area contributed by atoms with Gasteiger partial charge in [-0.2, -0.15) is 0 Å². The van der Waals surface area contributed by atoms with E-state index >= 15 is 0 Å². The fourth-order valence-corrected chi connectivity index (χ4v) is 1.84. The summed E-state index contributed by atoms with van der Waals surface area (Å²) in [6, 6.07) is 1.93. The number of carbonyl (C=O) groups excluding carboxylic acids is 1. The molecule has 2 N–H and O–H groups in total. The van der Waals surface area contributed by atoms with Crippen molar-refractivity contribution in [2.24, 2.45) is 0 Å². The number of hydrogen-bond donors (Lipinski definition) is 2. The zero-order valence-electron chi connectivity index (χ0n) is 12.9. The number of rotatable bonds is 8. The minimum atomic E-state index is 0.0204. The van der Waals surface area contributed by atoms with Crippen molar-refractivity contribution in [2.45, 2.75) is 33.7 Å². The lowest BCUT2D eigenvalue weighted by Crippen LogP contribution is -2.35. The second-order valence-corrected chi connectivity index (χ2v) is 4.86. The van der Waals surface area contributed by atoms with Crippen LogP contribution in [0.4, 0.5) is 5.82 Å². The van der Waals surface area contributed by atoms with Gasteiger partial charge in [-0.3, -0.25) is 9.69 Å². The standard InChI is InChI=1S/C14H25N5O/c1-5-7-16-12-8-11(3)17-13(18-12)9-19(4)10-14(20)15-6-2/h8H,5-7,9-10H2,1-4H3,(H,15,20)(H,16,17,18). The van der Waals surface area contributed by atoms with Gasteiger partial charge in [0.15, 0.2) is 0 Å².